The van der Waals surface area contributed by atoms with E-state index >= 15 is 0 Å². The second-order valence-corrected chi connectivity index (χ2v) is 5.60. The van der Waals surface area contributed by atoms with Gasteiger partial charge in [0.2, 0.25) is 5.91 Å². The van der Waals surface area contributed by atoms with Crippen molar-refractivity contribution in [3.8, 4) is 0 Å². The summed E-state index contributed by atoms with van der Waals surface area (Å²) in [5.74, 6) is -0.258. The Labute approximate surface area is 130 Å². The van der Waals surface area contributed by atoms with E-state index in [0.717, 1.165) is 4.47 Å². The average molecular weight is 351 g/mol. The Morgan fingerprint density at radius 2 is 1.95 bits per heavy atom. The molecule has 1 aromatic heterocycles. The molecule has 7 heteroatoms. The Morgan fingerprint density at radius 1 is 1.29 bits per heavy atom. The predicted octanol–water partition coefficient (Wildman–Crippen LogP) is 1.99. The van der Waals surface area contributed by atoms with E-state index in [0.29, 0.717) is 11.3 Å². The molecule has 0 saturated carbocycles. The Kier molecular flexibility index (Phi) is 4.74. The molecule has 0 saturated heterocycles. The molecular formula is C14H15BrN4O2. The van der Waals surface area contributed by atoms with Crippen molar-refractivity contribution in [2.45, 2.75) is 6.54 Å². The highest BCUT2D eigenvalue weighted by Gasteiger charge is 2.08. The van der Waals surface area contributed by atoms with Crippen LogP contribution in [0.15, 0.2) is 41.1 Å². The van der Waals surface area contributed by atoms with Crippen molar-refractivity contribution >= 4 is 33.4 Å². The molecule has 0 aliphatic carbocycles. The lowest BCUT2D eigenvalue weighted by Gasteiger charge is -2.11. The van der Waals surface area contributed by atoms with Crippen molar-refractivity contribution < 1.29 is 9.59 Å². The van der Waals surface area contributed by atoms with Gasteiger partial charge in [-0.25, -0.2) is 0 Å². The number of halogens is 1. The van der Waals surface area contributed by atoms with E-state index in [9.17, 15) is 9.59 Å². The van der Waals surface area contributed by atoms with Gasteiger partial charge in [0.25, 0.3) is 5.91 Å². The van der Waals surface area contributed by atoms with Crippen LogP contribution < -0.4 is 5.32 Å². The monoisotopic (exact) mass is 350 g/mol. The van der Waals surface area contributed by atoms with Crippen LogP contribution in [0.1, 0.15) is 10.4 Å². The Bertz CT molecular complexity index is 649. The first-order valence-electron chi connectivity index (χ1n) is 6.25. The third-order valence-corrected chi connectivity index (χ3v) is 3.14. The van der Waals surface area contributed by atoms with Crippen molar-refractivity contribution in [3.05, 3.63) is 46.7 Å². The van der Waals surface area contributed by atoms with Gasteiger partial charge in [0.1, 0.15) is 6.54 Å². The van der Waals surface area contributed by atoms with Crippen LogP contribution in [0.4, 0.5) is 5.69 Å². The molecule has 110 valence electrons. The summed E-state index contributed by atoms with van der Waals surface area (Å²) in [6, 6.07) is 6.77. The minimum atomic E-state index is -0.183. The average Bonchev–Trinajstić information content (AvgIpc) is 2.83. The van der Waals surface area contributed by atoms with E-state index in [1.54, 1.807) is 50.8 Å². The van der Waals surface area contributed by atoms with Gasteiger partial charge in [0, 0.05) is 31.5 Å². The summed E-state index contributed by atoms with van der Waals surface area (Å²) in [5.41, 5.74) is 1.22. The first-order valence-corrected chi connectivity index (χ1v) is 7.04. The van der Waals surface area contributed by atoms with Crippen molar-refractivity contribution in [1.82, 2.24) is 14.7 Å². The van der Waals surface area contributed by atoms with Crippen LogP contribution in [0.3, 0.4) is 0 Å². The molecule has 0 bridgehead atoms. The Hall–Kier alpha value is -2.15. The second kappa shape index (κ2) is 6.53. The van der Waals surface area contributed by atoms with Gasteiger partial charge in [-0.1, -0.05) is 0 Å². The number of amides is 2. The number of hydrogen-bond acceptors (Lipinski definition) is 3. The van der Waals surface area contributed by atoms with Crippen molar-refractivity contribution in [2.24, 2.45) is 0 Å². The van der Waals surface area contributed by atoms with Crippen LogP contribution in [0.2, 0.25) is 0 Å². The fourth-order valence-corrected chi connectivity index (χ4v) is 2.05. The van der Waals surface area contributed by atoms with Gasteiger partial charge >= 0.3 is 0 Å². The van der Waals surface area contributed by atoms with Crippen LogP contribution in [-0.2, 0) is 11.3 Å². The molecule has 0 fully saturated rings. The highest BCUT2D eigenvalue weighted by Crippen LogP contribution is 2.11. The molecule has 1 heterocycles. The summed E-state index contributed by atoms with van der Waals surface area (Å²) in [4.78, 5) is 25.1. The molecule has 0 unspecified atom stereocenters. The third kappa shape index (κ3) is 4.16. The van der Waals surface area contributed by atoms with Gasteiger partial charge in [-0.05, 0) is 40.2 Å². The SMILES string of the molecule is CN(C)C(=O)c1ccc(NC(=O)Cn2cc(Br)cn2)cc1. The molecule has 2 rings (SSSR count). The van der Waals surface area contributed by atoms with Crippen LogP contribution in [0, 0.1) is 0 Å². The minimum absolute atomic E-state index is 0.0748. The number of carbonyl (C=O) groups is 2. The number of nitrogens with one attached hydrogen (secondary N) is 1. The fourth-order valence-electron chi connectivity index (χ4n) is 1.73. The van der Waals surface area contributed by atoms with E-state index in [-0.39, 0.29) is 18.4 Å². The number of rotatable bonds is 4. The summed E-state index contributed by atoms with van der Waals surface area (Å²) < 4.78 is 2.35. The quantitative estimate of drug-likeness (QED) is 0.916. The van der Waals surface area contributed by atoms with Crippen LogP contribution in [0.25, 0.3) is 0 Å². The number of anilines is 1. The van der Waals surface area contributed by atoms with Crippen LogP contribution in [-0.4, -0.2) is 40.6 Å². The first-order chi connectivity index (χ1) is 9.95. The van der Waals surface area contributed by atoms with Gasteiger partial charge in [0.15, 0.2) is 0 Å². The van der Waals surface area contributed by atoms with Gasteiger partial charge in [-0.2, -0.15) is 5.10 Å². The van der Waals surface area contributed by atoms with Crippen LogP contribution >= 0.6 is 15.9 Å². The van der Waals surface area contributed by atoms with Gasteiger partial charge in [-0.3, -0.25) is 14.3 Å². The second-order valence-electron chi connectivity index (χ2n) is 4.68. The molecule has 1 aromatic carbocycles. The van der Waals surface area contributed by atoms with E-state index < -0.39 is 0 Å². The Balaban J connectivity index is 1.97. The standard InChI is InChI=1S/C14H15BrN4O2/c1-18(2)14(21)10-3-5-12(6-4-10)17-13(20)9-19-8-11(15)7-16-19/h3-8H,9H2,1-2H3,(H,17,20). The molecule has 2 aromatic rings. The summed E-state index contributed by atoms with van der Waals surface area (Å²) in [5, 5.41) is 6.77. The normalized spacial score (nSPS) is 10.2. The Morgan fingerprint density at radius 3 is 2.48 bits per heavy atom. The lowest BCUT2D eigenvalue weighted by atomic mass is 10.2. The smallest absolute Gasteiger partial charge is 0.253 e. The van der Waals surface area contributed by atoms with Crippen molar-refractivity contribution in [1.29, 1.82) is 0 Å². The molecule has 0 aliphatic rings. The lowest BCUT2D eigenvalue weighted by Crippen LogP contribution is -2.22. The summed E-state index contributed by atoms with van der Waals surface area (Å²) in [6.45, 7) is 0.129. The van der Waals surface area contributed by atoms with E-state index in [1.807, 2.05) is 0 Å². The molecule has 1 N–H and O–H groups in total. The largest absolute Gasteiger partial charge is 0.345 e. The maximum Gasteiger partial charge on any atom is 0.253 e. The molecule has 21 heavy (non-hydrogen) atoms. The van der Waals surface area contributed by atoms with Crippen molar-refractivity contribution in [3.63, 3.8) is 0 Å². The minimum Gasteiger partial charge on any atom is -0.345 e. The third-order valence-electron chi connectivity index (χ3n) is 2.73. The summed E-state index contributed by atoms with van der Waals surface area (Å²) >= 11 is 3.27. The molecule has 0 atom stereocenters. The van der Waals surface area contributed by atoms with E-state index in [4.69, 9.17) is 0 Å². The molecular weight excluding hydrogens is 336 g/mol. The first kappa shape index (κ1) is 15.2. The van der Waals surface area contributed by atoms with Crippen molar-refractivity contribution in [2.75, 3.05) is 19.4 Å². The number of nitrogens with zero attached hydrogens (tertiary/aromatic N) is 3. The van der Waals surface area contributed by atoms with Gasteiger partial charge in [-0.15, -0.1) is 0 Å². The topological polar surface area (TPSA) is 67.2 Å². The van der Waals surface area contributed by atoms with E-state index in [2.05, 4.69) is 26.3 Å². The van der Waals surface area contributed by atoms with E-state index in [1.165, 1.54) is 9.58 Å². The molecule has 0 radical (unpaired) electrons. The summed E-state index contributed by atoms with van der Waals surface area (Å²) in [7, 11) is 3.39. The zero-order valence-electron chi connectivity index (χ0n) is 11.7. The maximum absolute atomic E-state index is 11.9. The predicted molar refractivity (Wildman–Crippen MR) is 83.0 cm³/mol. The van der Waals surface area contributed by atoms with Gasteiger partial charge < -0.3 is 10.2 Å². The zero-order chi connectivity index (χ0) is 15.4. The number of carbonyl (C=O) groups excluding carboxylic acids is 2. The fraction of sp³-hybridized carbons (Fsp3) is 0.214. The number of hydrogen-bond donors (Lipinski definition) is 1. The number of aromatic nitrogens is 2. The molecule has 6 nitrogen and oxygen atoms in total. The lowest BCUT2D eigenvalue weighted by molar-refractivity contribution is -0.116. The highest BCUT2D eigenvalue weighted by atomic mass is 79.9. The maximum atomic E-state index is 11.9. The van der Waals surface area contributed by atoms with Gasteiger partial charge in [0.05, 0.1) is 10.7 Å². The molecule has 2 amide bonds. The molecule has 0 spiro atoms. The molecule has 0 aliphatic heterocycles. The zero-order valence-corrected chi connectivity index (χ0v) is 13.3. The summed E-state index contributed by atoms with van der Waals surface area (Å²) in [6.07, 6.45) is 3.34. The van der Waals surface area contributed by atoms with Crippen LogP contribution in [0.5, 0.6) is 0 Å². The highest BCUT2D eigenvalue weighted by molar-refractivity contribution is 9.10. The number of benzene rings is 1.